The fourth-order valence-corrected chi connectivity index (χ4v) is 2.47. The van der Waals surface area contributed by atoms with Gasteiger partial charge < -0.3 is 20.7 Å². The molecule has 2 rings (SSSR count). The highest BCUT2D eigenvalue weighted by Crippen LogP contribution is 2.05. The third kappa shape index (κ3) is 8.18. The van der Waals surface area contributed by atoms with E-state index in [1.807, 2.05) is 60.7 Å². The molecule has 0 aromatic heterocycles. The Morgan fingerprint density at radius 1 is 0.931 bits per heavy atom. The first-order valence-electron chi connectivity index (χ1n) is 9.07. The summed E-state index contributed by atoms with van der Waals surface area (Å²) in [5.41, 5.74) is 1.68. The molecule has 150 valence electrons. The molecular weight excluding hydrogens is 370 g/mol. The Kier molecular flexibility index (Phi) is 8.77. The van der Waals surface area contributed by atoms with Crippen LogP contribution in [0.4, 0.5) is 4.79 Å². The fraction of sp³-hybridized carbons (Fsp3) is 0.227. The van der Waals surface area contributed by atoms with Crippen molar-refractivity contribution in [3.63, 3.8) is 0 Å². The standard InChI is InChI=1S/C22H23N3O4/c1-2-13-23-20(26)15-24-21(27)19(14-17-9-5-3-6-10-17)25-22(28)29-16-18-11-7-4-8-12-18/h1,3-12,19H,13-16H2,(H,23,26)(H,24,27)(H,25,28). The van der Waals surface area contributed by atoms with Crippen LogP contribution in [0.2, 0.25) is 0 Å². The zero-order valence-corrected chi connectivity index (χ0v) is 15.9. The van der Waals surface area contributed by atoms with Crippen LogP contribution in [0.25, 0.3) is 0 Å². The summed E-state index contributed by atoms with van der Waals surface area (Å²) in [7, 11) is 0. The van der Waals surface area contributed by atoms with Crippen LogP contribution in [0.1, 0.15) is 11.1 Å². The van der Waals surface area contributed by atoms with E-state index < -0.39 is 23.9 Å². The molecule has 0 spiro atoms. The minimum Gasteiger partial charge on any atom is -0.445 e. The Morgan fingerprint density at radius 2 is 1.55 bits per heavy atom. The molecule has 0 heterocycles. The number of carbonyl (C=O) groups excluding carboxylic acids is 3. The van der Waals surface area contributed by atoms with Crippen molar-refractivity contribution in [2.75, 3.05) is 13.1 Å². The molecular formula is C22H23N3O4. The molecule has 3 N–H and O–H groups in total. The normalized spacial score (nSPS) is 10.9. The topological polar surface area (TPSA) is 96.5 Å². The summed E-state index contributed by atoms with van der Waals surface area (Å²) < 4.78 is 5.19. The van der Waals surface area contributed by atoms with Gasteiger partial charge in [-0.05, 0) is 11.1 Å². The third-order valence-corrected chi connectivity index (χ3v) is 3.91. The van der Waals surface area contributed by atoms with E-state index in [0.717, 1.165) is 11.1 Å². The Balaban J connectivity index is 1.94. The molecule has 3 amide bonds. The number of rotatable bonds is 9. The highest BCUT2D eigenvalue weighted by Gasteiger charge is 2.22. The van der Waals surface area contributed by atoms with Gasteiger partial charge in [-0.2, -0.15) is 0 Å². The molecule has 1 unspecified atom stereocenters. The minimum atomic E-state index is -0.902. The van der Waals surface area contributed by atoms with Gasteiger partial charge in [-0.3, -0.25) is 9.59 Å². The van der Waals surface area contributed by atoms with Crippen LogP contribution in [0, 0.1) is 12.3 Å². The highest BCUT2D eigenvalue weighted by molar-refractivity contribution is 5.89. The van der Waals surface area contributed by atoms with E-state index in [1.165, 1.54) is 0 Å². The van der Waals surface area contributed by atoms with Crippen molar-refractivity contribution in [1.29, 1.82) is 0 Å². The first-order valence-corrected chi connectivity index (χ1v) is 9.07. The molecule has 0 aliphatic heterocycles. The van der Waals surface area contributed by atoms with Gasteiger partial charge in [0.25, 0.3) is 0 Å². The van der Waals surface area contributed by atoms with Crippen LogP contribution in [-0.4, -0.2) is 37.0 Å². The van der Waals surface area contributed by atoms with Gasteiger partial charge in [0.2, 0.25) is 11.8 Å². The summed E-state index contributed by atoms with van der Waals surface area (Å²) >= 11 is 0. The SMILES string of the molecule is C#CCNC(=O)CNC(=O)C(Cc1ccccc1)NC(=O)OCc1ccccc1. The van der Waals surface area contributed by atoms with E-state index in [2.05, 4.69) is 21.9 Å². The van der Waals surface area contributed by atoms with Gasteiger partial charge in [-0.15, -0.1) is 6.42 Å². The van der Waals surface area contributed by atoms with Gasteiger partial charge in [0.05, 0.1) is 13.1 Å². The van der Waals surface area contributed by atoms with Crippen LogP contribution < -0.4 is 16.0 Å². The van der Waals surface area contributed by atoms with E-state index in [4.69, 9.17) is 11.2 Å². The molecule has 0 radical (unpaired) electrons. The quantitative estimate of drug-likeness (QED) is 0.561. The van der Waals surface area contributed by atoms with Crippen molar-refractivity contribution >= 4 is 17.9 Å². The molecule has 0 fully saturated rings. The van der Waals surface area contributed by atoms with E-state index in [1.54, 1.807) is 0 Å². The van der Waals surface area contributed by atoms with Crippen molar-refractivity contribution in [1.82, 2.24) is 16.0 Å². The molecule has 0 saturated heterocycles. The van der Waals surface area contributed by atoms with E-state index >= 15 is 0 Å². The Hall–Kier alpha value is -3.79. The van der Waals surface area contributed by atoms with Gasteiger partial charge in [0, 0.05) is 6.42 Å². The third-order valence-electron chi connectivity index (χ3n) is 3.91. The number of carbonyl (C=O) groups is 3. The number of alkyl carbamates (subject to hydrolysis) is 1. The van der Waals surface area contributed by atoms with E-state index in [9.17, 15) is 14.4 Å². The lowest BCUT2D eigenvalue weighted by Crippen LogP contribution is -2.50. The van der Waals surface area contributed by atoms with Crippen molar-refractivity contribution in [3.8, 4) is 12.3 Å². The maximum Gasteiger partial charge on any atom is 0.408 e. The number of amides is 3. The Morgan fingerprint density at radius 3 is 2.17 bits per heavy atom. The summed E-state index contributed by atoms with van der Waals surface area (Å²) in [6, 6.07) is 17.5. The summed E-state index contributed by atoms with van der Waals surface area (Å²) in [6.45, 7) is -0.0837. The summed E-state index contributed by atoms with van der Waals surface area (Å²) in [5.74, 6) is 1.36. The lowest BCUT2D eigenvalue weighted by molar-refractivity contribution is -0.127. The van der Waals surface area contributed by atoms with Crippen molar-refractivity contribution in [2.24, 2.45) is 0 Å². The average molecular weight is 393 g/mol. The fourth-order valence-electron chi connectivity index (χ4n) is 2.47. The number of ether oxygens (including phenoxy) is 1. The second kappa shape index (κ2) is 11.8. The molecule has 0 aliphatic rings. The molecule has 2 aromatic rings. The van der Waals surface area contributed by atoms with Gasteiger partial charge >= 0.3 is 6.09 Å². The van der Waals surface area contributed by atoms with Gasteiger partial charge in [0.1, 0.15) is 12.6 Å². The summed E-state index contributed by atoms with van der Waals surface area (Å²) in [5, 5.41) is 7.52. The van der Waals surface area contributed by atoms with Gasteiger partial charge in [-0.25, -0.2) is 4.79 Å². The van der Waals surface area contributed by atoms with Gasteiger partial charge in [-0.1, -0.05) is 66.6 Å². The largest absolute Gasteiger partial charge is 0.445 e. The van der Waals surface area contributed by atoms with Crippen molar-refractivity contribution in [3.05, 3.63) is 71.8 Å². The lowest BCUT2D eigenvalue weighted by Gasteiger charge is -2.18. The minimum absolute atomic E-state index is 0.0756. The lowest BCUT2D eigenvalue weighted by atomic mass is 10.1. The van der Waals surface area contributed by atoms with Crippen LogP contribution in [-0.2, 0) is 27.4 Å². The first kappa shape index (κ1) is 21.5. The maximum absolute atomic E-state index is 12.5. The van der Waals surface area contributed by atoms with E-state index in [0.29, 0.717) is 0 Å². The number of hydrogen-bond acceptors (Lipinski definition) is 4. The van der Waals surface area contributed by atoms with Crippen LogP contribution in [0.3, 0.4) is 0 Å². The zero-order valence-electron chi connectivity index (χ0n) is 15.9. The molecule has 0 saturated carbocycles. The molecule has 7 nitrogen and oxygen atoms in total. The number of nitrogens with one attached hydrogen (secondary N) is 3. The molecule has 0 bridgehead atoms. The maximum atomic E-state index is 12.5. The number of benzene rings is 2. The Bertz CT molecular complexity index is 847. The number of terminal acetylenes is 1. The highest BCUT2D eigenvalue weighted by atomic mass is 16.5. The van der Waals surface area contributed by atoms with Crippen molar-refractivity contribution in [2.45, 2.75) is 19.1 Å². The predicted molar refractivity (Wildman–Crippen MR) is 109 cm³/mol. The van der Waals surface area contributed by atoms with Gasteiger partial charge in [0.15, 0.2) is 0 Å². The predicted octanol–water partition coefficient (Wildman–Crippen LogP) is 1.39. The van der Waals surface area contributed by atoms with Crippen molar-refractivity contribution < 1.29 is 19.1 Å². The number of hydrogen-bond donors (Lipinski definition) is 3. The van der Waals surface area contributed by atoms with Crippen LogP contribution in [0.5, 0.6) is 0 Å². The Labute approximate surface area is 169 Å². The first-order chi connectivity index (χ1) is 14.1. The molecule has 29 heavy (non-hydrogen) atoms. The second-order valence-corrected chi connectivity index (χ2v) is 6.15. The molecule has 1 atom stereocenters. The molecule has 0 aliphatic carbocycles. The summed E-state index contributed by atoms with van der Waals surface area (Å²) in [6.07, 6.45) is 4.61. The monoisotopic (exact) mass is 393 g/mol. The molecule has 2 aromatic carbocycles. The molecule has 7 heteroatoms. The van der Waals surface area contributed by atoms with Crippen LogP contribution in [0.15, 0.2) is 60.7 Å². The smallest absolute Gasteiger partial charge is 0.408 e. The average Bonchev–Trinajstić information content (AvgIpc) is 2.75. The van der Waals surface area contributed by atoms with Crippen LogP contribution >= 0.6 is 0 Å². The second-order valence-electron chi connectivity index (χ2n) is 6.15. The summed E-state index contributed by atoms with van der Waals surface area (Å²) in [4.78, 5) is 36.4. The zero-order chi connectivity index (χ0) is 20.9. The van der Waals surface area contributed by atoms with E-state index in [-0.39, 0.29) is 26.1 Å².